The molecule has 0 unspecified atom stereocenters. The summed E-state index contributed by atoms with van der Waals surface area (Å²) in [6.07, 6.45) is 2.68. The Balaban J connectivity index is 0.00000180. The van der Waals surface area contributed by atoms with Crippen LogP contribution in [0.4, 0.5) is 0 Å². The van der Waals surface area contributed by atoms with Gasteiger partial charge < -0.3 is 10.2 Å². The van der Waals surface area contributed by atoms with Crippen molar-refractivity contribution in [1.82, 2.24) is 9.97 Å². The molecule has 0 saturated carbocycles. The van der Waals surface area contributed by atoms with Gasteiger partial charge in [-0.25, -0.2) is 9.59 Å². The summed E-state index contributed by atoms with van der Waals surface area (Å²) >= 11 is 0. The van der Waals surface area contributed by atoms with E-state index in [4.69, 9.17) is 10.2 Å². The van der Waals surface area contributed by atoms with E-state index in [1.807, 2.05) is 0 Å². The van der Waals surface area contributed by atoms with Gasteiger partial charge in [-0.1, -0.05) is 0 Å². The number of rotatable bonds is 3. The van der Waals surface area contributed by atoms with Crippen LogP contribution in [0, 0.1) is 0 Å². The first-order valence-corrected chi connectivity index (χ1v) is 4.97. The molecular formula is C12H11AlN2O4. The standard InChI is InChI=1S/C12H8N2O4.Al.3H/c15-11(16)7-1-3-13-9(5-7)10-6-8(12(17)18)2-4-14-10;;;;/h1-6H,(H,15,16)(H,17,18);;;;. The molecule has 0 aliphatic carbocycles. The van der Waals surface area contributed by atoms with Crippen LogP contribution < -0.4 is 0 Å². The quantitative estimate of drug-likeness (QED) is 0.784. The number of hydrogen-bond donors (Lipinski definition) is 2. The van der Waals surface area contributed by atoms with Gasteiger partial charge in [0.1, 0.15) is 0 Å². The van der Waals surface area contributed by atoms with Crippen molar-refractivity contribution in [2.24, 2.45) is 0 Å². The Kier molecular flexibility index (Phi) is 4.75. The Morgan fingerprint density at radius 2 is 1.21 bits per heavy atom. The molecule has 2 N–H and O–H groups in total. The number of pyridine rings is 2. The molecule has 0 saturated heterocycles. The van der Waals surface area contributed by atoms with Crippen molar-refractivity contribution in [3.63, 3.8) is 0 Å². The Bertz CT molecular complexity index is 575. The number of carbonyl (C=O) groups is 2. The summed E-state index contributed by atoms with van der Waals surface area (Å²) < 4.78 is 0. The van der Waals surface area contributed by atoms with Crippen LogP contribution in [0.5, 0.6) is 0 Å². The molecule has 0 atom stereocenters. The minimum Gasteiger partial charge on any atom is -0.478 e. The third-order valence-electron chi connectivity index (χ3n) is 2.28. The summed E-state index contributed by atoms with van der Waals surface area (Å²) in [6.45, 7) is 0. The monoisotopic (exact) mass is 274 g/mol. The maximum absolute atomic E-state index is 10.8. The fourth-order valence-corrected chi connectivity index (χ4v) is 1.41. The smallest absolute Gasteiger partial charge is 0.335 e. The predicted octanol–water partition coefficient (Wildman–Crippen LogP) is 0.356. The van der Waals surface area contributed by atoms with Gasteiger partial charge in [0, 0.05) is 12.4 Å². The molecule has 2 aromatic rings. The molecule has 0 spiro atoms. The van der Waals surface area contributed by atoms with E-state index in [9.17, 15) is 9.59 Å². The van der Waals surface area contributed by atoms with Crippen LogP contribution >= 0.6 is 0 Å². The van der Waals surface area contributed by atoms with E-state index in [1.165, 1.54) is 36.7 Å². The molecule has 0 aliphatic heterocycles. The molecule has 2 heterocycles. The summed E-state index contributed by atoms with van der Waals surface area (Å²) in [5, 5.41) is 17.7. The largest absolute Gasteiger partial charge is 0.478 e. The molecule has 0 bridgehead atoms. The number of carboxylic acids is 2. The minimum atomic E-state index is -1.08. The fourth-order valence-electron chi connectivity index (χ4n) is 1.41. The molecule has 0 aliphatic rings. The molecule has 0 fully saturated rings. The zero-order chi connectivity index (χ0) is 13.1. The average molecular weight is 274 g/mol. The van der Waals surface area contributed by atoms with Gasteiger partial charge in [0.05, 0.1) is 22.5 Å². The van der Waals surface area contributed by atoms with Gasteiger partial charge in [-0.3, -0.25) is 9.97 Å². The average Bonchev–Trinajstić information content (AvgIpc) is 2.39. The lowest BCUT2D eigenvalue weighted by molar-refractivity contribution is 0.0686. The lowest BCUT2D eigenvalue weighted by Gasteiger charge is -2.02. The van der Waals surface area contributed by atoms with Gasteiger partial charge in [-0.05, 0) is 24.3 Å². The van der Waals surface area contributed by atoms with Gasteiger partial charge in [0.2, 0.25) is 0 Å². The topological polar surface area (TPSA) is 100 Å². The first-order chi connectivity index (χ1) is 8.58. The number of carboxylic acid groups (broad SMARTS) is 2. The minimum absolute atomic E-state index is 0. The normalized spacial score (nSPS) is 9.47. The van der Waals surface area contributed by atoms with Crippen LogP contribution in [0.3, 0.4) is 0 Å². The van der Waals surface area contributed by atoms with E-state index in [1.54, 1.807) is 0 Å². The summed E-state index contributed by atoms with van der Waals surface area (Å²) in [7, 11) is 0. The SMILES string of the molecule is O=C(O)c1ccnc(-c2cc(C(=O)O)ccn2)c1.[AlH3]. The van der Waals surface area contributed by atoms with E-state index in [0.29, 0.717) is 11.4 Å². The van der Waals surface area contributed by atoms with Gasteiger partial charge in [0.25, 0.3) is 0 Å². The second kappa shape index (κ2) is 6.09. The van der Waals surface area contributed by atoms with Crippen LogP contribution in [0.1, 0.15) is 20.7 Å². The highest BCUT2D eigenvalue weighted by atomic mass is 27.0. The summed E-state index contributed by atoms with van der Waals surface area (Å²) in [5.74, 6) is -2.15. The molecule has 19 heavy (non-hydrogen) atoms. The van der Waals surface area contributed by atoms with Crippen molar-refractivity contribution < 1.29 is 19.8 Å². The van der Waals surface area contributed by atoms with Gasteiger partial charge >= 0.3 is 11.9 Å². The van der Waals surface area contributed by atoms with Crippen molar-refractivity contribution in [2.75, 3.05) is 0 Å². The van der Waals surface area contributed by atoms with Crippen LogP contribution in [0.25, 0.3) is 11.4 Å². The summed E-state index contributed by atoms with van der Waals surface area (Å²) in [5.41, 5.74) is 0.779. The Hall–Kier alpha value is -2.23. The van der Waals surface area contributed by atoms with Crippen molar-refractivity contribution in [3.05, 3.63) is 47.8 Å². The summed E-state index contributed by atoms with van der Waals surface area (Å²) in [4.78, 5) is 29.6. The van der Waals surface area contributed by atoms with Crippen LogP contribution in [-0.4, -0.2) is 49.5 Å². The third kappa shape index (κ3) is 3.38. The van der Waals surface area contributed by atoms with Crippen molar-refractivity contribution in [1.29, 1.82) is 0 Å². The number of hydrogen-bond acceptors (Lipinski definition) is 4. The van der Waals surface area contributed by atoms with Crippen molar-refractivity contribution >= 4 is 29.3 Å². The zero-order valence-electron chi connectivity index (χ0n) is 9.07. The lowest BCUT2D eigenvalue weighted by atomic mass is 10.1. The number of nitrogens with zero attached hydrogens (tertiary/aromatic N) is 2. The predicted molar refractivity (Wildman–Crippen MR) is 71.3 cm³/mol. The first-order valence-electron chi connectivity index (χ1n) is 4.97. The second-order valence-electron chi connectivity index (χ2n) is 3.47. The van der Waals surface area contributed by atoms with Crippen molar-refractivity contribution in [3.8, 4) is 11.4 Å². The van der Waals surface area contributed by atoms with Crippen LogP contribution in [0.15, 0.2) is 36.7 Å². The van der Waals surface area contributed by atoms with Gasteiger partial charge in [-0.15, -0.1) is 0 Å². The van der Waals surface area contributed by atoms with E-state index in [2.05, 4.69) is 9.97 Å². The maximum Gasteiger partial charge on any atom is 0.335 e. The van der Waals surface area contributed by atoms with Crippen LogP contribution in [-0.2, 0) is 0 Å². The fraction of sp³-hybridized carbons (Fsp3) is 0. The highest BCUT2D eigenvalue weighted by Gasteiger charge is 2.09. The molecule has 0 radical (unpaired) electrons. The van der Waals surface area contributed by atoms with Crippen LogP contribution in [0.2, 0.25) is 0 Å². The van der Waals surface area contributed by atoms with E-state index in [0.717, 1.165) is 0 Å². The van der Waals surface area contributed by atoms with Crippen molar-refractivity contribution in [2.45, 2.75) is 0 Å². The highest BCUT2D eigenvalue weighted by Crippen LogP contribution is 2.16. The second-order valence-corrected chi connectivity index (χ2v) is 3.47. The Morgan fingerprint density at radius 3 is 1.53 bits per heavy atom. The molecule has 0 amide bonds. The van der Waals surface area contributed by atoms with E-state index >= 15 is 0 Å². The molecule has 2 aromatic heterocycles. The Labute approximate surface area is 118 Å². The zero-order valence-corrected chi connectivity index (χ0v) is 9.07. The first kappa shape index (κ1) is 14.8. The molecule has 0 aromatic carbocycles. The molecule has 7 heteroatoms. The highest BCUT2D eigenvalue weighted by molar-refractivity contribution is 5.90. The maximum atomic E-state index is 10.8. The molecule has 96 valence electrons. The van der Waals surface area contributed by atoms with E-state index < -0.39 is 11.9 Å². The lowest BCUT2D eigenvalue weighted by Crippen LogP contribution is -2.00. The van der Waals surface area contributed by atoms with E-state index in [-0.39, 0.29) is 28.5 Å². The van der Waals surface area contributed by atoms with Gasteiger partial charge in [-0.2, -0.15) is 0 Å². The number of aromatic nitrogens is 2. The number of aromatic carboxylic acids is 2. The Morgan fingerprint density at radius 1 is 0.842 bits per heavy atom. The molecule has 2 rings (SSSR count). The van der Waals surface area contributed by atoms with Gasteiger partial charge in [0.15, 0.2) is 17.4 Å². The third-order valence-corrected chi connectivity index (χ3v) is 2.28. The molecule has 6 nitrogen and oxygen atoms in total. The molecular weight excluding hydrogens is 263 g/mol. The summed E-state index contributed by atoms with van der Waals surface area (Å²) in [6, 6.07) is 5.40.